The van der Waals surface area contributed by atoms with Gasteiger partial charge in [-0.2, -0.15) is 5.26 Å². The van der Waals surface area contributed by atoms with Gasteiger partial charge in [-0.1, -0.05) is 6.07 Å². The smallest absolute Gasteiger partial charge is 0.140 e. The number of rotatable bonds is 2. The molecule has 1 atom stereocenters. The molecule has 0 N–H and O–H groups in total. The van der Waals surface area contributed by atoms with Gasteiger partial charge >= 0.3 is 0 Å². The second-order valence-electron chi connectivity index (χ2n) is 2.70. The Morgan fingerprint density at radius 2 is 2.23 bits per heavy atom. The molecular weight excluding hydrogens is 172 g/mol. The number of hydrogen-bond acceptors (Lipinski definition) is 1. The van der Waals surface area contributed by atoms with Crippen molar-refractivity contribution in [3.8, 4) is 6.07 Å². The van der Waals surface area contributed by atoms with Crippen molar-refractivity contribution in [2.24, 2.45) is 0 Å². The Hall–Kier alpha value is -1.43. The first kappa shape index (κ1) is 9.66. The zero-order valence-corrected chi connectivity index (χ0v) is 6.93. The van der Waals surface area contributed by atoms with Crippen LogP contribution in [-0.4, -0.2) is 6.67 Å². The average Bonchev–Trinajstić information content (AvgIpc) is 2.17. The van der Waals surface area contributed by atoms with Gasteiger partial charge < -0.3 is 0 Å². The third kappa shape index (κ3) is 2.03. The summed E-state index contributed by atoms with van der Waals surface area (Å²) in [5, 5.41) is 8.49. The molecule has 0 heterocycles. The van der Waals surface area contributed by atoms with Crippen LogP contribution in [0.1, 0.15) is 17.0 Å². The van der Waals surface area contributed by atoms with Gasteiger partial charge in [-0.05, 0) is 24.6 Å². The van der Waals surface area contributed by atoms with Crippen LogP contribution in [0, 0.1) is 24.1 Å². The zero-order chi connectivity index (χ0) is 9.84. The average molecular weight is 180 g/mol. The molecule has 67 valence electrons. The number of hydrogen-bond donors (Lipinski definition) is 0. The molecule has 0 aliphatic carbocycles. The predicted molar refractivity (Wildman–Crippen MR) is 45.2 cm³/mol. The Labute approximate surface area is 75.6 Å². The summed E-state index contributed by atoms with van der Waals surface area (Å²) in [4.78, 5) is 0. The summed E-state index contributed by atoms with van der Waals surface area (Å²) in [5.74, 6) is -1.12. The lowest BCUT2D eigenvalue weighted by atomic mass is 10.0. The van der Waals surface area contributed by atoms with Gasteiger partial charge in [-0.15, -0.1) is 0 Å². The first-order valence-corrected chi connectivity index (χ1v) is 3.77. The molecule has 3 heteroatoms. The van der Waals surface area contributed by atoms with Crippen molar-refractivity contribution >= 4 is 0 Å². The van der Waals surface area contributed by atoms with Crippen LogP contribution in [0.5, 0.6) is 0 Å². The van der Waals surface area contributed by atoms with Gasteiger partial charge in [0.2, 0.25) is 0 Å². The maximum Gasteiger partial charge on any atom is 0.140 e. The molecule has 13 heavy (non-hydrogen) atoms. The lowest BCUT2D eigenvalue weighted by molar-refractivity contribution is 0.465. The molecule has 0 fully saturated rings. The number of nitriles is 1. The van der Waals surface area contributed by atoms with E-state index in [4.69, 9.17) is 5.26 Å². The second kappa shape index (κ2) is 3.99. The molecule has 1 rings (SSSR count). The van der Waals surface area contributed by atoms with E-state index in [2.05, 4.69) is 6.92 Å². The molecule has 0 aromatic heterocycles. The Morgan fingerprint density at radius 1 is 1.54 bits per heavy atom. The normalized spacial score (nSPS) is 12.2. The van der Waals surface area contributed by atoms with Crippen molar-refractivity contribution in [1.82, 2.24) is 0 Å². The van der Waals surface area contributed by atoms with E-state index in [0.717, 1.165) is 6.07 Å². The third-order valence-electron chi connectivity index (χ3n) is 1.77. The molecule has 0 aliphatic rings. The molecule has 0 spiro atoms. The molecule has 1 aromatic rings. The maximum atomic E-state index is 12.8. The first-order valence-electron chi connectivity index (χ1n) is 3.77. The molecule has 0 amide bonds. The number of benzene rings is 1. The second-order valence-corrected chi connectivity index (χ2v) is 2.70. The van der Waals surface area contributed by atoms with E-state index in [1.807, 2.05) is 0 Å². The van der Waals surface area contributed by atoms with Crippen molar-refractivity contribution in [3.05, 3.63) is 42.1 Å². The van der Waals surface area contributed by atoms with Gasteiger partial charge in [-0.3, -0.25) is 4.39 Å². The molecule has 0 saturated carbocycles. The van der Waals surface area contributed by atoms with Crippen LogP contribution in [-0.2, 0) is 0 Å². The molecule has 0 bridgehead atoms. The van der Waals surface area contributed by atoms with Gasteiger partial charge in [-0.25, -0.2) is 4.39 Å². The quantitative estimate of drug-likeness (QED) is 0.686. The monoisotopic (exact) mass is 180 g/mol. The fraction of sp³-hybridized carbons (Fsp3) is 0.200. The highest BCUT2D eigenvalue weighted by Crippen LogP contribution is 2.18. The van der Waals surface area contributed by atoms with Crippen LogP contribution in [0.3, 0.4) is 0 Å². The standard InChI is InChI=1S/C10H8F2N/c1-7(5-11)8-2-3-10(12)9(4-8)6-13/h2-4,7H,1,5H2. The molecular formula is C10H8F2N. The van der Waals surface area contributed by atoms with Gasteiger partial charge in [0.15, 0.2) is 0 Å². The summed E-state index contributed by atoms with van der Waals surface area (Å²) in [6.07, 6.45) is 0. The summed E-state index contributed by atoms with van der Waals surface area (Å²) in [7, 11) is 0. The molecule has 1 unspecified atom stereocenters. The molecule has 0 saturated heterocycles. The Morgan fingerprint density at radius 3 is 2.77 bits per heavy atom. The van der Waals surface area contributed by atoms with Crippen LogP contribution in [0.15, 0.2) is 18.2 Å². The molecule has 1 aromatic carbocycles. The van der Waals surface area contributed by atoms with Crippen LogP contribution in [0.4, 0.5) is 8.78 Å². The number of halogens is 2. The highest BCUT2D eigenvalue weighted by atomic mass is 19.1. The molecule has 1 nitrogen and oxygen atoms in total. The first-order chi connectivity index (χ1) is 6.19. The minimum atomic E-state index is -0.615. The van der Waals surface area contributed by atoms with E-state index in [-0.39, 0.29) is 5.56 Å². The van der Waals surface area contributed by atoms with E-state index >= 15 is 0 Å². The number of nitrogens with zero attached hydrogens (tertiary/aromatic N) is 1. The minimum Gasteiger partial charge on any atom is -0.250 e. The van der Waals surface area contributed by atoms with Crippen LogP contribution in [0.2, 0.25) is 0 Å². The lowest BCUT2D eigenvalue weighted by Gasteiger charge is -2.06. The SMILES string of the molecule is [CH2]C(CF)c1ccc(F)c(C#N)c1. The van der Waals surface area contributed by atoms with Crippen molar-refractivity contribution in [2.45, 2.75) is 5.92 Å². The van der Waals surface area contributed by atoms with Crippen molar-refractivity contribution in [3.63, 3.8) is 0 Å². The van der Waals surface area contributed by atoms with Crippen molar-refractivity contribution in [1.29, 1.82) is 5.26 Å². The van der Waals surface area contributed by atoms with Gasteiger partial charge in [0.1, 0.15) is 11.9 Å². The third-order valence-corrected chi connectivity index (χ3v) is 1.77. The van der Waals surface area contributed by atoms with E-state index in [1.165, 1.54) is 12.1 Å². The summed E-state index contributed by atoms with van der Waals surface area (Å²) in [6, 6.07) is 5.61. The van der Waals surface area contributed by atoms with Gasteiger partial charge in [0.25, 0.3) is 0 Å². The van der Waals surface area contributed by atoms with E-state index in [9.17, 15) is 8.78 Å². The van der Waals surface area contributed by atoms with Gasteiger partial charge in [0.05, 0.1) is 12.2 Å². The fourth-order valence-corrected chi connectivity index (χ4v) is 0.972. The maximum absolute atomic E-state index is 12.8. The van der Waals surface area contributed by atoms with Crippen LogP contribution >= 0.6 is 0 Å². The fourth-order valence-electron chi connectivity index (χ4n) is 0.972. The summed E-state index contributed by atoms with van der Waals surface area (Å²) in [6.45, 7) is 2.91. The van der Waals surface area contributed by atoms with Crippen LogP contribution < -0.4 is 0 Å². The molecule has 0 aliphatic heterocycles. The van der Waals surface area contributed by atoms with Crippen molar-refractivity contribution < 1.29 is 8.78 Å². The van der Waals surface area contributed by atoms with E-state index < -0.39 is 18.4 Å². The summed E-state index contributed by atoms with van der Waals surface area (Å²) >= 11 is 0. The summed E-state index contributed by atoms with van der Waals surface area (Å²) in [5.41, 5.74) is 0.472. The largest absolute Gasteiger partial charge is 0.250 e. The molecule has 1 radical (unpaired) electrons. The summed E-state index contributed by atoms with van der Waals surface area (Å²) < 4.78 is 25.0. The van der Waals surface area contributed by atoms with Crippen molar-refractivity contribution in [2.75, 3.05) is 6.67 Å². The highest BCUT2D eigenvalue weighted by Gasteiger charge is 2.08. The van der Waals surface area contributed by atoms with Crippen LogP contribution in [0.25, 0.3) is 0 Å². The predicted octanol–water partition coefficient (Wildman–Crippen LogP) is 2.58. The Kier molecular flexibility index (Phi) is 2.97. The topological polar surface area (TPSA) is 23.8 Å². The number of alkyl halides is 1. The van der Waals surface area contributed by atoms with E-state index in [0.29, 0.717) is 5.56 Å². The highest BCUT2D eigenvalue weighted by molar-refractivity contribution is 5.36. The Balaban J connectivity index is 3.08. The lowest BCUT2D eigenvalue weighted by Crippen LogP contribution is -1.97. The van der Waals surface area contributed by atoms with E-state index in [1.54, 1.807) is 6.07 Å². The minimum absolute atomic E-state index is 0.0698. The zero-order valence-electron chi connectivity index (χ0n) is 6.93. The van der Waals surface area contributed by atoms with Gasteiger partial charge in [0, 0.05) is 5.92 Å². The Bertz CT molecular complexity index is 341.